The molecular formula is C14H8ClNO5. The Hall–Kier alpha value is -2.73. The molecule has 0 heterocycles. The van der Waals surface area contributed by atoms with E-state index in [9.17, 15) is 19.7 Å². The molecule has 0 unspecified atom stereocenters. The summed E-state index contributed by atoms with van der Waals surface area (Å²) in [7, 11) is 0. The lowest BCUT2D eigenvalue weighted by Gasteiger charge is -2.06. The van der Waals surface area contributed by atoms with Crippen LogP contribution in [0.3, 0.4) is 0 Å². The maximum atomic E-state index is 12.4. The highest BCUT2D eigenvalue weighted by Crippen LogP contribution is 2.25. The number of nitro groups is 1. The second kappa shape index (κ2) is 5.72. The monoisotopic (exact) mass is 305 g/mol. The van der Waals surface area contributed by atoms with Crippen molar-refractivity contribution < 1.29 is 19.6 Å². The van der Waals surface area contributed by atoms with Gasteiger partial charge >= 0.3 is 5.97 Å². The second-order valence-corrected chi connectivity index (χ2v) is 4.51. The van der Waals surface area contributed by atoms with E-state index in [1.165, 1.54) is 36.4 Å². The first-order valence-corrected chi connectivity index (χ1v) is 6.10. The molecule has 0 aliphatic rings. The van der Waals surface area contributed by atoms with E-state index in [1.807, 2.05) is 0 Å². The van der Waals surface area contributed by atoms with E-state index >= 15 is 0 Å². The minimum atomic E-state index is -1.26. The number of carbonyl (C=O) groups is 2. The topological polar surface area (TPSA) is 97.5 Å². The number of nitrogens with zero attached hydrogens (tertiary/aromatic N) is 1. The molecule has 7 heteroatoms. The van der Waals surface area contributed by atoms with Gasteiger partial charge in [-0.15, -0.1) is 0 Å². The van der Waals surface area contributed by atoms with Gasteiger partial charge in [0.1, 0.15) is 0 Å². The highest BCUT2D eigenvalue weighted by atomic mass is 35.5. The Morgan fingerprint density at radius 3 is 2.24 bits per heavy atom. The second-order valence-electron chi connectivity index (χ2n) is 4.10. The van der Waals surface area contributed by atoms with Crippen LogP contribution in [0.5, 0.6) is 0 Å². The summed E-state index contributed by atoms with van der Waals surface area (Å²) in [5.74, 6) is -1.94. The van der Waals surface area contributed by atoms with Crippen molar-refractivity contribution >= 4 is 29.0 Å². The van der Waals surface area contributed by atoms with Crippen LogP contribution < -0.4 is 0 Å². The molecule has 0 atom stereocenters. The molecule has 6 nitrogen and oxygen atoms in total. The lowest BCUT2D eigenvalue weighted by molar-refractivity contribution is -0.384. The van der Waals surface area contributed by atoms with E-state index in [0.29, 0.717) is 0 Å². The minimum Gasteiger partial charge on any atom is -0.478 e. The molecule has 21 heavy (non-hydrogen) atoms. The van der Waals surface area contributed by atoms with E-state index in [-0.39, 0.29) is 27.4 Å². The Morgan fingerprint density at radius 2 is 1.67 bits per heavy atom. The zero-order valence-electron chi connectivity index (χ0n) is 10.4. The SMILES string of the molecule is O=C(O)c1ccccc1C(=O)c1cc([N+](=O)[O-])ccc1Cl. The number of carbonyl (C=O) groups excluding carboxylic acids is 1. The van der Waals surface area contributed by atoms with Gasteiger partial charge in [0.25, 0.3) is 5.69 Å². The molecule has 1 N–H and O–H groups in total. The molecule has 0 spiro atoms. The molecule has 2 aromatic rings. The third kappa shape index (κ3) is 2.90. The van der Waals surface area contributed by atoms with Crippen LogP contribution in [0.4, 0.5) is 5.69 Å². The number of non-ortho nitro benzene ring substituents is 1. The summed E-state index contributed by atoms with van der Waals surface area (Å²) in [6.45, 7) is 0. The van der Waals surface area contributed by atoms with Crippen molar-refractivity contribution in [2.45, 2.75) is 0 Å². The average molecular weight is 306 g/mol. The van der Waals surface area contributed by atoms with Crippen LogP contribution in [-0.2, 0) is 0 Å². The number of nitro benzene ring substituents is 1. The van der Waals surface area contributed by atoms with Gasteiger partial charge in [-0.1, -0.05) is 29.8 Å². The number of hydrogen-bond acceptors (Lipinski definition) is 4. The lowest BCUT2D eigenvalue weighted by atomic mass is 9.98. The van der Waals surface area contributed by atoms with Gasteiger partial charge in [0, 0.05) is 23.3 Å². The first-order chi connectivity index (χ1) is 9.91. The van der Waals surface area contributed by atoms with Gasteiger partial charge in [-0.3, -0.25) is 14.9 Å². The standard InChI is InChI=1S/C14H8ClNO5/c15-12-6-5-8(16(20)21)7-11(12)13(17)9-3-1-2-4-10(9)14(18)19/h1-7H,(H,18,19). The molecule has 0 aliphatic heterocycles. The van der Waals surface area contributed by atoms with Crippen molar-refractivity contribution in [2.75, 3.05) is 0 Å². The van der Waals surface area contributed by atoms with Crippen molar-refractivity contribution in [3.63, 3.8) is 0 Å². The lowest BCUT2D eigenvalue weighted by Crippen LogP contribution is -2.10. The molecule has 0 amide bonds. The third-order valence-electron chi connectivity index (χ3n) is 2.81. The quantitative estimate of drug-likeness (QED) is 0.531. The maximum Gasteiger partial charge on any atom is 0.336 e. The number of ketones is 1. The third-order valence-corrected chi connectivity index (χ3v) is 3.14. The van der Waals surface area contributed by atoms with Crippen molar-refractivity contribution in [3.8, 4) is 0 Å². The Bertz CT molecular complexity index is 757. The molecule has 0 fully saturated rings. The van der Waals surface area contributed by atoms with Crippen LogP contribution >= 0.6 is 11.6 Å². The summed E-state index contributed by atoms with van der Waals surface area (Å²) in [4.78, 5) is 33.6. The molecule has 0 aliphatic carbocycles. The predicted molar refractivity (Wildman–Crippen MR) is 74.9 cm³/mol. The van der Waals surface area contributed by atoms with Crippen molar-refractivity contribution in [3.05, 3.63) is 74.3 Å². The highest BCUT2D eigenvalue weighted by Gasteiger charge is 2.21. The van der Waals surface area contributed by atoms with Crippen LogP contribution in [-0.4, -0.2) is 21.8 Å². The molecular weight excluding hydrogens is 298 g/mol. The number of benzene rings is 2. The molecule has 0 radical (unpaired) electrons. The number of halogens is 1. The minimum absolute atomic E-state index is 0.0193. The zero-order chi connectivity index (χ0) is 15.6. The summed E-state index contributed by atoms with van der Waals surface area (Å²) in [5.41, 5.74) is -0.674. The van der Waals surface area contributed by atoms with Gasteiger partial charge in [-0.25, -0.2) is 4.79 Å². The number of aromatic carboxylic acids is 1. The fourth-order valence-electron chi connectivity index (χ4n) is 1.81. The van der Waals surface area contributed by atoms with Gasteiger partial charge in [0.05, 0.1) is 15.5 Å². The molecule has 0 saturated heterocycles. The van der Waals surface area contributed by atoms with Crippen LogP contribution in [0.15, 0.2) is 42.5 Å². The molecule has 0 aromatic heterocycles. The number of carboxylic acid groups (broad SMARTS) is 1. The Labute approximate surface area is 123 Å². The van der Waals surface area contributed by atoms with Crippen LogP contribution in [0.2, 0.25) is 5.02 Å². The van der Waals surface area contributed by atoms with E-state index in [0.717, 1.165) is 6.07 Å². The summed E-state index contributed by atoms with van der Waals surface area (Å²) in [6.07, 6.45) is 0. The van der Waals surface area contributed by atoms with Gasteiger partial charge in [-0.05, 0) is 12.1 Å². The Kier molecular flexibility index (Phi) is 4.00. The number of carboxylic acids is 1. The Morgan fingerprint density at radius 1 is 1.05 bits per heavy atom. The largest absolute Gasteiger partial charge is 0.478 e. The van der Waals surface area contributed by atoms with Crippen molar-refractivity contribution in [1.29, 1.82) is 0 Å². The summed E-state index contributed by atoms with van der Waals surface area (Å²) in [6, 6.07) is 9.03. The molecule has 0 bridgehead atoms. The molecule has 2 rings (SSSR count). The van der Waals surface area contributed by atoms with Gasteiger partial charge < -0.3 is 5.11 Å². The van der Waals surface area contributed by atoms with Crippen LogP contribution in [0.25, 0.3) is 0 Å². The summed E-state index contributed by atoms with van der Waals surface area (Å²) >= 11 is 5.89. The average Bonchev–Trinajstić information content (AvgIpc) is 2.46. The first-order valence-electron chi connectivity index (χ1n) is 5.72. The number of rotatable bonds is 4. The van der Waals surface area contributed by atoms with Crippen molar-refractivity contribution in [1.82, 2.24) is 0 Å². The van der Waals surface area contributed by atoms with Crippen LogP contribution in [0.1, 0.15) is 26.3 Å². The smallest absolute Gasteiger partial charge is 0.336 e. The predicted octanol–water partition coefficient (Wildman–Crippen LogP) is 3.18. The number of hydrogen-bond donors (Lipinski definition) is 1. The Balaban J connectivity index is 2.58. The van der Waals surface area contributed by atoms with Gasteiger partial charge in [0.2, 0.25) is 0 Å². The van der Waals surface area contributed by atoms with Gasteiger partial charge in [0.15, 0.2) is 5.78 Å². The van der Waals surface area contributed by atoms with Gasteiger partial charge in [-0.2, -0.15) is 0 Å². The fraction of sp³-hybridized carbons (Fsp3) is 0. The zero-order valence-corrected chi connectivity index (χ0v) is 11.2. The van der Waals surface area contributed by atoms with Crippen LogP contribution in [0, 0.1) is 10.1 Å². The van der Waals surface area contributed by atoms with Crippen molar-refractivity contribution in [2.24, 2.45) is 0 Å². The molecule has 0 saturated carbocycles. The molecule has 2 aromatic carbocycles. The van der Waals surface area contributed by atoms with E-state index < -0.39 is 16.7 Å². The normalized spacial score (nSPS) is 10.1. The van der Waals surface area contributed by atoms with E-state index in [4.69, 9.17) is 16.7 Å². The summed E-state index contributed by atoms with van der Waals surface area (Å²) < 4.78 is 0. The highest BCUT2D eigenvalue weighted by molar-refractivity contribution is 6.35. The molecule has 106 valence electrons. The fourth-order valence-corrected chi connectivity index (χ4v) is 2.02. The summed E-state index contributed by atoms with van der Waals surface area (Å²) in [5, 5.41) is 19.9. The maximum absolute atomic E-state index is 12.4. The van der Waals surface area contributed by atoms with E-state index in [1.54, 1.807) is 0 Å². The van der Waals surface area contributed by atoms with E-state index in [2.05, 4.69) is 0 Å². The first kappa shape index (κ1) is 14.7.